The largest absolute Gasteiger partial charge is 0.495 e. The van der Waals surface area contributed by atoms with Crippen molar-refractivity contribution < 1.29 is 18.3 Å². The first kappa shape index (κ1) is 16.0. The first-order valence-electron chi connectivity index (χ1n) is 7.35. The van der Waals surface area contributed by atoms with Crippen LogP contribution >= 0.6 is 0 Å². The molecule has 2 N–H and O–H groups in total. The van der Waals surface area contributed by atoms with Crippen molar-refractivity contribution in [1.29, 1.82) is 0 Å². The fourth-order valence-corrected chi connectivity index (χ4v) is 4.43. The Hall–Kier alpha value is -1.89. The van der Waals surface area contributed by atoms with Gasteiger partial charge in [-0.05, 0) is 42.2 Å². The average Bonchev–Trinajstić information content (AvgIpc) is 2.83. The molecule has 0 unspecified atom stereocenters. The number of hydrogen-bond acceptors (Lipinski definition) is 4. The van der Waals surface area contributed by atoms with Crippen LogP contribution in [-0.2, 0) is 16.4 Å². The summed E-state index contributed by atoms with van der Waals surface area (Å²) in [5, 5.41) is 10.4. The van der Waals surface area contributed by atoms with Gasteiger partial charge in [0, 0.05) is 0 Å². The highest BCUT2D eigenvalue weighted by Crippen LogP contribution is 2.33. The number of aliphatic hydroxyl groups excluding tert-OH is 1. The minimum Gasteiger partial charge on any atom is -0.495 e. The number of aliphatic hydroxyl groups is 1. The van der Waals surface area contributed by atoms with E-state index in [-0.39, 0.29) is 10.6 Å². The molecule has 0 aliphatic heterocycles. The van der Waals surface area contributed by atoms with Crippen LogP contribution in [0.15, 0.2) is 47.4 Å². The van der Waals surface area contributed by atoms with E-state index in [1.807, 2.05) is 31.2 Å². The summed E-state index contributed by atoms with van der Waals surface area (Å²) in [6.07, 6.45) is -0.387. The van der Waals surface area contributed by atoms with Crippen molar-refractivity contribution in [3.05, 3.63) is 59.2 Å². The lowest BCUT2D eigenvalue weighted by Gasteiger charge is -2.18. The zero-order valence-corrected chi connectivity index (χ0v) is 13.8. The maximum atomic E-state index is 12.7. The van der Waals surface area contributed by atoms with E-state index in [0.29, 0.717) is 6.42 Å². The maximum Gasteiger partial charge on any atom is 0.244 e. The van der Waals surface area contributed by atoms with E-state index in [4.69, 9.17) is 4.74 Å². The van der Waals surface area contributed by atoms with Gasteiger partial charge in [-0.2, -0.15) is 0 Å². The second-order valence-corrected chi connectivity index (χ2v) is 7.41. The molecule has 2 aromatic carbocycles. The molecule has 0 aromatic heterocycles. The predicted octanol–water partition coefficient (Wildman–Crippen LogP) is 1.94. The van der Waals surface area contributed by atoms with Crippen LogP contribution in [0.25, 0.3) is 0 Å². The summed E-state index contributed by atoms with van der Waals surface area (Å²) >= 11 is 0. The molecule has 5 nitrogen and oxygen atoms in total. The highest BCUT2D eigenvalue weighted by molar-refractivity contribution is 7.89. The number of rotatable bonds is 4. The maximum absolute atomic E-state index is 12.7. The topological polar surface area (TPSA) is 75.6 Å². The Morgan fingerprint density at radius 3 is 2.65 bits per heavy atom. The van der Waals surface area contributed by atoms with E-state index in [2.05, 4.69) is 4.72 Å². The number of benzene rings is 2. The predicted molar refractivity (Wildman–Crippen MR) is 86.9 cm³/mol. The quantitative estimate of drug-likeness (QED) is 0.896. The van der Waals surface area contributed by atoms with Gasteiger partial charge in [0.15, 0.2) is 0 Å². The molecule has 0 radical (unpaired) electrons. The SMILES string of the molecule is COc1ccc(C)cc1S(=O)(=O)N[C@H]1Cc2ccccc2[C@H]1O. The molecule has 1 aliphatic carbocycles. The lowest BCUT2D eigenvalue weighted by molar-refractivity contribution is 0.152. The third-order valence-corrected chi connectivity index (χ3v) is 5.62. The minimum atomic E-state index is -3.79. The van der Waals surface area contributed by atoms with E-state index in [9.17, 15) is 13.5 Å². The monoisotopic (exact) mass is 333 g/mol. The number of ether oxygens (including phenoxy) is 1. The molecule has 0 amide bonds. The van der Waals surface area contributed by atoms with E-state index in [0.717, 1.165) is 16.7 Å². The van der Waals surface area contributed by atoms with Gasteiger partial charge in [-0.25, -0.2) is 13.1 Å². The van der Waals surface area contributed by atoms with Crippen molar-refractivity contribution in [3.8, 4) is 5.75 Å². The Kier molecular flexibility index (Phi) is 4.14. The Bertz CT molecular complexity index is 832. The van der Waals surface area contributed by atoms with E-state index < -0.39 is 22.2 Å². The van der Waals surface area contributed by atoms with Gasteiger partial charge in [-0.1, -0.05) is 30.3 Å². The van der Waals surface area contributed by atoms with Crippen molar-refractivity contribution >= 4 is 10.0 Å². The summed E-state index contributed by atoms with van der Waals surface area (Å²) in [5.41, 5.74) is 2.56. The Morgan fingerprint density at radius 2 is 1.96 bits per heavy atom. The molecule has 23 heavy (non-hydrogen) atoms. The van der Waals surface area contributed by atoms with Crippen LogP contribution in [0.1, 0.15) is 22.8 Å². The molecule has 1 aliphatic rings. The standard InChI is InChI=1S/C17H19NO4S/c1-11-7-8-15(22-2)16(9-11)23(20,21)18-14-10-12-5-3-4-6-13(12)17(14)19/h3-9,14,17-19H,10H2,1-2H3/t14-,17+/m0/s1. The average molecular weight is 333 g/mol. The molecule has 0 saturated carbocycles. The third kappa shape index (κ3) is 2.97. The lowest BCUT2D eigenvalue weighted by Crippen LogP contribution is -2.37. The molecule has 6 heteroatoms. The highest BCUT2D eigenvalue weighted by atomic mass is 32.2. The highest BCUT2D eigenvalue weighted by Gasteiger charge is 2.34. The first-order chi connectivity index (χ1) is 10.9. The molecule has 122 valence electrons. The Balaban J connectivity index is 1.90. The van der Waals surface area contributed by atoms with Crippen LogP contribution in [0, 0.1) is 6.92 Å². The Labute approximate surface area is 136 Å². The van der Waals surface area contributed by atoms with Crippen LogP contribution in [-0.4, -0.2) is 26.7 Å². The summed E-state index contributed by atoms with van der Waals surface area (Å²) in [6.45, 7) is 1.82. The van der Waals surface area contributed by atoms with Gasteiger partial charge in [0.1, 0.15) is 10.6 Å². The zero-order valence-electron chi connectivity index (χ0n) is 13.0. The second kappa shape index (κ2) is 5.96. The number of methoxy groups -OCH3 is 1. The molecule has 2 aromatic rings. The van der Waals surface area contributed by atoms with E-state index in [1.165, 1.54) is 7.11 Å². The number of fused-ring (bicyclic) bond motifs is 1. The van der Waals surface area contributed by atoms with Gasteiger partial charge in [0.2, 0.25) is 10.0 Å². The second-order valence-electron chi connectivity index (χ2n) is 5.73. The van der Waals surface area contributed by atoms with Gasteiger partial charge in [0.25, 0.3) is 0 Å². The van der Waals surface area contributed by atoms with Gasteiger partial charge < -0.3 is 9.84 Å². The van der Waals surface area contributed by atoms with Crippen LogP contribution in [0.4, 0.5) is 0 Å². The number of nitrogens with one attached hydrogen (secondary N) is 1. The van der Waals surface area contributed by atoms with Gasteiger partial charge >= 0.3 is 0 Å². The Morgan fingerprint density at radius 1 is 1.22 bits per heavy atom. The van der Waals surface area contributed by atoms with Gasteiger partial charge in [0.05, 0.1) is 19.3 Å². The lowest BCUT2D eigenvalue weighted by atomic mass is 10.1. The fourth-order valence-electron chi connectivity index (χ4n) is 2.94. The molecule has 0 bridgehead atoms. The van der Waals surface area contributed by atoms with Gasteiger partial charge in [-0.3, -0.25) is 0 Å². The van der Waals surface area contributed by atoms with Crippen LogP contribution < -0.4 is 9.46 Å². The van der Waals surface area contributed by atoms with Crippen LogP contribution in [0.5, 0.6) is 5.75 Å². The molecule has 0 heterocycles. The summed E-state index contributed by atoms with van der Waals surface area (Å²) < 4.78 is 33.2. The summed E-state index contributed by atoms with van der Waals surface area (Å²) in [5.74, 6) is 0.285. The van der Waals surface area contributed by atoms with Crippen molar-refractivity contribution in [3.63, 3.8) is 0 Å². The van der Waals surface area contributed by atoms with Crippen LogP contribution in [0.3, 0.4) is 0 Å². The number of hydrogen-bond donors (Lipinski definition) is 2. The fraction of sp³-hybridized carbons (Fsp3) is 0.294. The first-order valence-corrected chi connectivity index (χ1v) is 8.83. The normalized spacial score (nSPS) is 20.3. The van der Waals surface area contributed by atoms with Gasteiger partial charge in [-0.15, -0.1) is 0 Å². The molecular formula is C17H19NO4S. The molecule has 3 rings (SSSR count). The summed E-state index contributed by atoms with van der Waals surface area (Å²) in [7, 11) is -2.36. The zero-order chi connectivity index (χ0) is 16.6. The number of aryl methyl sites for hydroxylation is 1. The van der Waals surface area contributed by atoms with Crippen molar-refractivity contribution in [1.82, 2.24) is 4.72 Å². The minimum absolute atomic E-state index is 0.0863. The molecule has 0 fully saturated rings. The molecule has 2 atom stereocenters. The van der Waals surface area contributed by atoms with Crippen LogP contribution in [0.2, 0.25) is 0 Å². The summed E-state index contributed by atoms with van der Waals surface area (Å²) in [6, 6.07) is 11.8. The van der Waals surface area contributed by atoms with Crippen molar-refractivity contribution in [2.45, 2.75) is 30.4 Å². The van der Waals surface area contributed by atoms with Crippen molar-refractivity contribution in [2.75, 3.05) is 7.11 Å². The summed E-state index contributed by atoms with van der Waals surface area (Å²) in [4.78, 5) is 0.0863. The van der Waals surface area contributed by atoms with E-state index in [1.54, 1.807) is 18.2 Å². The molecule has 0 spiro atoms. The number of sulfonamides is 1. The molecular weight excluding hydrogens is 314 g/mol. The smallest absolute Gasteiger partial charge is 0.244 e. The third-order valence-electron chi connectivity index (χ3n) is 4.11. The van der Waals surface area contributed by atoms with Crippen molar-refractivity contribution in [2.24, 2.45) is 0 Å². The molecule has 0 saturated heterocycles. The van der Waals surface area contributed by atoms with E-state index >= 15 is 0 Å².